The van der Waals surface area contributed by atoms with Gasteiger partial charge in [0.05, 0.1) is 18.8 Å². The second-order valence-electron chi connectivity index (χ2n) is 5.92. The number of aliphatic hydroxyl groups is 1. The first kappa shape index (κ1) is 19.9. The smallest absolute Gasteiger partial charge is 0.191 e. The molecule has 0 aliphatic heterocycles. The van der Waals surface area contributed by atoms with Crippen LogP contribution in [0, 0.1) is 0 Å². The number of nitrogens with one attached hydrogen (secondary N) is 2. The molecule has 2 rings (SSSR count). The summed E-state index contributed by atoms with van der Waals surface area (Å²) in [5.74, 6) is 1.38. The SMILES string of the molecule is CCNC(=NCc1ncnn1C)NCC(O)COC(C)c1ccccc1. The Morgan fingerprint density at radius 2 is 2.08 bits per heavy atom. The van der Waals surface area contributed by atoms with Crippen molar-refractivity contribution in [2.24, 2.45) is 12.0 Å². The van der Waals surface area contributed by atoms with E-state index in [1.807, 2.05) is 51.2 Å². The van der Waals surface area contributed by atoms with Crippen molar-refractivity contribution in [1.29, 1.82) is 0 Å². The molecule has 0 aliphatic carbocycles. The summed E-state index contributed by atoms with van der Waals surface area (Å²) < 4.78 is 7.43. The van der Waals surface area contributed by atoms with Gasteiger partial charge in [-0.15, -0.1) is 0 Å². The Hall–Kier alpha value is -2.45. The second kappa shape index (κ2) is 10.5. The molecule has 1 aromatic carbocycles. The number of aromatic nitrogens is 3. The number of ether oxygens (including phenoxy) is 1. The highest BCUT2D eigenvalue weighted by Gasteiger charge is 2.10. The number of nitrogens with zero attached hydrogens (tertiary/aromatic N) is 4. The highest BCUT2D eigenvalue weighted by Crippen LogP contribution is 2.15. The molecule has 0 saturated carbocycles. The summed E-state index contributed by atoms with van der Waals surface area (Å²) in [6.45, 7) is 5.67. The van der Waals surface area contributed by atoms with E-state index in [0.29, 0.717) is 19.0 Å². The normalized spacial score (nSPS) is 14.1. The average molecular weight is 360 g/mol. The van der Waals surface area contributed by atoms with E-state index >= 15 is 0 Å². The van der Waals surface area contributed by atoms with Gasteiger partial charge in [-0.3, -0.25) is 4.68 Å². The van der Waals surface area contributed by atoms with E-state index in [-0.39, 0.29) is 12.7 Å². The quantitative estimate of drug-likeness (QED) is 0.456. The monoisotopic (exact) mass is 360 g/mol. The van der Waals surface area contributed by atoms with Crippen LogP contribution in [0.1, 0.15) is 31.3 Å². The molecule has 26 heavy (non-hydrogen) atoms. The van der Waals surface area contributed by atoms with E-state index in [9.17, 15) is 5.11 Å². The average Bonchev–Trinajstić information content (AvgIpc) is 3.07. The van der Waals surface area contributed by atoms with E-state index < -0.39 is 6.10 Å². The molecule has 142 valence electrons. The van der Waals surface area contributed by atoms with Crippen molar-refractivity contribution in [3.63, 3.8) is 0 Å². The van der Waals surface area contributed by atoms with Crippen LogP contribution in [0.3, 0.4) is 0 Å². The molecule has 0 fully saturated rings. The molecule has 0 amide bonds. The minimum absolute atomic E-state index is 0.0660. The molecule has 0 radical (unpaired) electrons. The van der Waals surface area contributed by atoms with Crippen LogP contribution in [0.4, 0.5) is 0 Å². The number of hydrogen-bond acceptors (Lipinski definition) is 5. The molecule has 0 saturated heterocycles. The van der Waals surface area contributed by atoms with Crippen LogP contribution in [-0.4, -0.2) is 51.6 Å². The summed E-state index contributed by atoms with van der Waals surface area (Å²) in [7, 11) is 1.83. The third kappa shape index (κ3) is 6.45. The first-order valence-electron chi connectivity index (χ1n) is 8.79. The maximum atomic E-state index is 10.2. The third-order valence-corrected chi connectivity index (χ3v) is 3.84. The molecule has 2 atom stereocenters. The summed E-state index contributed by atoms with van der Waals surface area (Å²) in [4.78, 5) is 8.59. The maximum Gasteiger partial charge on any atom is 0.191 e. The summed E-state index contributed by atoms with van der Waals surface area (Å²) in [5.41, 5.74) is 1.09. The Labute approximate surface area is 154 Å². The van der Waals surface area contributed by atoms with Crippen molar-refractivity contribution in [3.05, 3.63) is 48.0 Å². The van der Waals surface area contributed by atoms with E-state index in [1.165, 1.54) is 6.33 Å². The van der Waals surface area contributed by atoms with Crippen molar-refractivity contribution in [3.8, 4) is 0 Å². The molecule has 0 bridgehead atoms. The minimum Gasteiger partial charge on any atom is -0.389 e. The fraction of sp³-hybridized carbons (Fsp3) is 0.500. The van der Waals surface area contributed by atoms with Crippen molar-refractivity contribution < 1.29 is 9.84 Å². The molecular weight excluding hydrogens is 332 g/mol. The Morgan fingerprint density at radius 3 is 2.73 bits per heavy atom. The zero-order valence-corrected chi connectivity index (χ0v) is 15.6. The second-order valence-corrected chi connectivity index (χ2v) is 5.92. The van der Waals surface area contributed by atoms with Crippen molar-refractivity contribution >= 4 is 5.96 Å². The van der Waals surface area contributed by atoms with Crippen LogP contribution >= 0.6 is 0 Å². The first-order valence-corrected chi connectivity index (χ1v) is 8.79. The van der Waals surface area contributed by atoms with Gasteiger partial charge in [-0.2, -0.15) is 5.10 Å². The highest BCUT2D eigenvalue weighted by atomic mass is 16.5. The van der Waals surface area contributed by atoms with Gasteiger partial charge in [0, 0.05) is 20.1 Å². The fourth-order valence-corrected chi connectivity index (χ4v) is 2.30. The number of benzene rings is 1. The van der Waals surface area contributed by atoms with Crippen molar-refractivity contribution in [1.82, 2.24) is 25.4 Å². The van der Waals surface area contributed by atoms with E-state index in [2.05, 4.69) is 25.7 Å². The molecule has 0 spiro atoms. The van der Waals surface area contributed by atoms with Gasteiger partial charge in [0.2, 0.25) is 0 Å². The lowest BCUT2D eigenvalue weighted by Crippen LogP contribution is -2.42. The maximum absolute atomic E-state index is 10.2. The van der Waals surface area contributed by atoms with E-state index in [4.69, 9.17) is 4.74 Å². The minimum atomic E-state index is -0.639. The van der Waals surface area contributed by atoms with E-state index in [1.54, 1.807) is 4.68 Å². The highest BCUT2D eigenvalue weighted by molar-refractivity contribution is 5.79. The van der Waals surface area contributed by atoms with Gasteiger partial charge in [-0.25, -0.2) is 9.98 Å². The largest absolute Gasteiger partial charge is 0.389 e. The van der Waals surface area contributed by atoms with Crippen LogP contribution in [0.5, 0.6) is 0 Å². The molecule has 0 aliphatic rings. The number of hydrogen-bond donors (Lipinski definition) is 3. The zero-order valence-electron chi connectivity index (χ0n) is 15.6. The molecule has 1 heterocycles. The number of rotatable bonds is 9. The van der Waals surface area contributed by atoms with Gasteiger partial charge < -0.3 is 20.5 Å². The van der Waals surface area contributed by atoms with Crippen LogP contribution in [-0.2, 0) is 18.3 Å². The summed E-state index contributed by atoms with van der Waals surface area (Å²) in [6.07, 6.45) is 0.795. The molecule has 2 aromatic rings. The van der Waals surface area contributed by atoms with Crippen molar-refractivity contribution in [2.45, 2.75) is 32.6 Å². The number of aliphatic hydroxyl groups excluding tert-OH is 1. The summed E-state index contributed by atoms with van der Waals surface area (Å²) >= 11 is 0. The third-order valence-electron chi connectivity index (χ3n) is 3.84. The van der Waals surface area contributed by atoms with Gasteiger partial charge in [0.1, 0.15) is 18.7 Å². The van der Waals surface area contributed by atoms with Gasteiger partial charge in [-0.1, -0.05) is 30.3 Å². The Kier molecular flexibility index (Phi) is 8.04. The predicted molar refractivity (Wildman–Crippen MR) is 101 cm³/mol. The first-order chi connectivity index (χ1) is 12.6. The van der Waals surface area contributed by atoms with E-state index in [0.717, 1.165) is 17.9 Å². The van der Waals surface area contributed by atoms with Crippen LogP contribution < -0.4 is 10.6 Å². The summed E-state index contributed by atoms with van der Waals surface area (Å²) in [5, 5.41) is 20.4. The van der Waals surface area contributed by atoms with Crippen LogP contribution in [0.2, 0.25) is 0 Å². The fourth-order valence-electron chi connectivity index (χ4n) is 2.30. The number of aryl methyl sites for hydroxylation is 1. The Morgan fingerprint density at radius 1 is 1.31 bits per heavy atom. The Bertz CT molecular complexity index is 673. The standard InChI is InChI=1S/C18H28N6O2/c1-4-19-18(21-11-17-22-13-23-24(17)3)20-10-16(25)12-26-14(2)15-8-6-5-7-9-15/h5-9,13-14,16,25H,4,10-12H2,1-3H3,(H2,19,20,21). The van der Waals surface area contributed by atoms with Gasteiger partial charge in [-0.05, 0) is 19.4 Å². The molecule has 8 heteroatoms. The van der Waals surface area contributed by atoms with Gasteiger partial charge in [0.15, 0.2) is 5.96 Å². The zero-order chi connectivity index (χ0) is 18.8. The summed E-state index contributed by atoms with van der Waals surface area (Å²) in [6, 6.07) is 9.94. The number of guanidine groups is 1. The molecule has 3 N–H and O–H groups in total. The number of aliphatic imine (C=N–C) groups is 1. The molecule has 2 unspecified atom stereocenters. The topological polar surface area (TPSA) is 96.6 Å². The lowest BCUT2D eigenvalue weighted by molar-refractivity contribution is -0.000599. The molecular formula is C18H28N6O2. The van der Waals surface area contributed by atoms with Crippen molar-refractivity contribution in [2.75, 3.05) is 19.7 Å². The molecule has 1 aromatic heterocycles. The van der Waals surface area contributed by atoms with Gasteiger partial charge in [0.25, 0.3) is 0 Å². The lowest BCUT2D eigenvalue weighted by atomic mass is 10.1. The predicted octanol–water partition coefficient (Wildman–Crippen LogP) is 1.01. The van der Waals surface area contributed by atoms with Crippen LogP contribution in [0.15, 0.2) is 41.7 Å². The lowest BCUT2D eigenvalue weighted by Gasteiger charge is -2.18. The molecule has 8 nitrogen and oxygen atoms in total. The Balaban J connectivity index is 1.77. The van der Waals surface area contributed by atoms with Gasteiger partial charge >= 0.3 is 0 Å². The van der Waals surface area contributed by atoms with Crippen LogP contribution in [0.25, 0.3) is 0 Å².